The summed E-state index contributed by atoms with van der Waals surface area (Å²) in [6, 6.07) is 5.69. The van der Waals surface area contributed by atoms with Crippen LogP contribution >= 0.6 is 0 Å². The predicted molar refractivity (Wildman–Crippen MR) is 72.9 cm³/mol. The van der Waals surface area contributed by atoms with Crippen molar-refractivity contribution in [2.75, 3.05) is 17.2 Å². The highest BCUT2D eigenvalue weighted by Crippen LogP contribution is 2.16. The number of nitrogens with two attached hydrogens (primary N) is 1. The van der Waals surface area contributed by atoms with E-state index in [1.165, 1.54) is 6.33 Å². The summed E-state index contributed by atoms with van der Waals surface area (Å²) in [5.41, 5.74) is 5.48. The topological polar surface area (TPSA) is 91.7 Å². The molecule has 2 heterocycles. The van der Waals surface area contributed by atoms with Gasteiger partial charge in [-0.05, 0) is 26.0 Å². The van der Waals surface area contributed by atoms with Gasteiger partial charge in [-0.25, -0.2) is 9.97 Å². The van der Waals surface area contributed by atoms with Crippen LogP contribution in [0.1, 0.15) is 13.8 Å². The van der Waals surface area contributed by atoms with Crippen molar-refractivity contribution in [2.24, 2.45) is 5.73 Å². The van der Waals surface area contributed by atoms with Gasteiger partial charge in [0.1, 0.15) is 23.8 Å². The number of nitrogens with one attached hydrogen (secondary N) is 3. The zero-order chi connectivity index (χ0) is 13.0. The molecule has 0 aliphatic carbocycles. The van der Waals surface area contributed by atoms with Gasteiger partial charge in [-0.2, -0.15) is 0 Å². The fraction of sp³-hybridized carbons (Fsp3) is 0.333. The average Bonchev–Trinajstić information content (AvgIpc) is 2.82. The second-order valence-corrected chi connectivity index (χ2v) is 4.71. The largest absolute Gasteiger partial charge is 0.364 e. The molecule has 0 spiro atoms. The first-order valence-electron chi connectivity index (χ1n) is 5.80. The molecule has 6 nitrogen and oxygen atoms in total. The summed E-state index contributed by atoms with van der Waals surface area (Å²) in [6.07, 6.45) is 3.36. The summed E-state index contributed by atoms with van der Waals surface area (Å²) in [5, 5.41) is 6.41. The first-order valence-corrected chi connectivity index (χ1v) is 5.80. The van der Waals surface area contributed by atoms with Crippen molar-refractivity contribution in [1.82, 2.24) is 15.0 Å². The molecule has 0 radical (unpaired) electrons. The van der Waals surface area contributed by atoms with Crippen LogP contribution in [0.25, 0.3) is 0 Å². The third-order valence-electron chi connectivity index (χ3n) is 2.50. The van der Waals surface area contributed by atoms with Crippen LogP contribution in [0.3, 0.4) is 0 Å². The molecule has 6 heteroatoms. The Labute approximate surface area is 106 Å². The number of hydrogen-bond acceptors (Lipinski definition) is 5. The highest BCUT2D eigenvalue weighted by molar-refractivity contribution is 5.56. The van der Waals surface area contributed by atoms with Crippen LogP contribution in [0, 0.1) is 0 Å². The van der Waals surface area contributed by atoms with E-state index in [-0.39, 0.29) is 5.54 Å². The molecule has 2 rings (SSSR count). The number of anilines is 3. The lowest BCUT2D eigenvalue weighted by Gasteiger charge is -2.24. The van der Waals surface area contributed by atoms with Crippen molar-refractivity contribution in [2.45, 2.75) is 19.4 Å². The molecule has 5 N–H and O–H groups in total. The minimum absolute atomic E-state index is 0.196. The second kappa shape index (κ2) is 5.05. The van der Waals surface area contributed by atoms with E-state index in [1.54, 1.807) is 0 Å². The molecular weight excluding hydrogens is 228 g/mol. The lowest BCUT2D eigenvalue weighted by atomic mass is 10.1. The van der Waals surface area contributed by atoms with Crippen LogP contribution < -0.4 is 16.4 Å². The number of nitrogens with zero attached hydrogens (tertiary/aromatic N) is 2. The summed E-state index contributed by atoms with van der Waals surface area (Å²) in [7, 11) is 0. The molecule has 0 unspecified atom stereocenters. The Hall–Kier alpha value is -2.08. The van der Waals surface area contributed by atoms with E-state index in [9.17, 15) is 0 Å². The van der Waals surface area contributed by atoms with Gasteiger partial charge in [0.2, 0.25) is 0 Å². The summed E-state index contributed by atoms with van der Waals surface area (Å²) >= 11 is 0. The Morgan fingerprint density at radius 2 is 2.11 bits per heavy atom. The molecule has 0 aromatic carbocycles. The van der Waals surface area contributed by atoms with Gasteiger partial charge in [-0.15, -0.1) is 0 Å². The molecule has 0 fully saturated rings. The van der Waals surface area contributed by atoms with Crippen LogP contribution in [-0.4, -0.2) is 27.0 Å². The molecule has 0 aliphatic rings. The Balaban J connectivity index is 2.10. The van der Waals surface area contributed by atoms with Gasteiger partial charge >= 0.3 is 0 Å². The summed E-state index contributed by atoms with van der Waals surface area (Å²) in [4.78, 5) is 11.4. The lowest BCUT2D eigenvalue weighted by Crippen LogP contribution is -2.39. The maximum absolute atomic E-state index is 5.68. The third-order valence-corrected chi connectivity index (χ3v) is 2.50. The van der Waals surface area contributed by atoms with E-state index < -0.39 is 0 Å². The predicted octanol–water partition coefficient (Wildman–Crippen LogP) is 1.70. The highest BCUT2D eigenvalue weighted by atomic mass is 15.1. The summed E-state index contributed by atoms with van der Waals surface area (Å²) in [5.74, 6) is 2.36. The van der Waals surface area contributed by atoms with Gasteiger partial charge in [0.05, 0.1) is 0 Å². The molecule has 0 amide bonds. The number of aromatic amines is 1. The monoisotopic (exact) mass is 246 g/mol. The lowest BCUT2D eigenvalue weighted by molar-refractivity contribution is 0.577. The third kappa shape index (κ3) is 3.21. The van der Waals surface area contributed by atoms with Gasteiger partial charge in [-0.3, -0.25) is 0 Å². The molecule has 0 saturated carbocycles. The molecule has 0 atom stereocenters. The van der Waals surface area contributed by atoms with Crippen molar-refractivity contribution < 1.29 is 0 Å². The normalized spacial score (nSPS) is 11.3. The summed E-state index contributed by atoms with van der Waals surface area (Å²) in [6.45, 7) is 4.57. The van der Waals surface area contributed by atoms with Gasteiger partial charge in [0.15, 0.2) is 0 Å². The van der Waals surface area contributed by atoms with Crippen LogP contribution in [-0.2, 0) is 0 Å². The number of aromatic nitrogens is 3. The van der Waals surface area contributed by atoms with E-state index in [1.807, 2.05) is 38.2 Å². The van der Waals surface area contributed by atoms with Crippen LogP contribution in [0.5, 0.6) is 0 Å². The van der Waals surface area contributed by atoms with Crippen LogP contribution in [0.15, 0.2) is 30.7 Å². The maximum Gasteiger partial charge on any atom is 0.136 e. The van der Waals surface area contributed by atoms with E-state index >= 15 is 0 Å². The molecule has 0 bridgehead atoms. The van der Waals surface area contributed by atoms with E-state index in [0.29, 0.717) is 6.54 Å². The van der Waals surface area contributed by atoms with Gasteiger partial charge in [-0.1, -0.05) is 0 Å². The van der Waals surface area contributed by atoms with E-state index in [2.05, 4.69) is 25.6 Å². The first kappa shape index (κ1) is 12.4. The van der Waals surface area contributed by atoms with Crippen molar-refractivity contribution in [3.63, 3.8) is 0 Å². The number of rotatable bonds is 5. The van der Waals surface area contributed by atoms with Gasteiger partial charge in [0, 0.05) is 24.3 Å². The quantitative estimate of drug-likeness (QED) is 0.644. The van der Waals surface area contributed by atoms with Crippen LogP contribution in [0.4, 0.5) is 17.5 Å². The first-order chi connectivity index (χ1) is 8.59. The SMILES string of the molecule is CC(C)(CN)Nc1cc(Nc2ccc[nH]2)ncn1. The fourth-order valence-electron chi connectivity index (χ4n) is 1.44. The van der Waals surface area contributed by atoms with Crippen LogP contribution in [0.2, 0.25) is 0 Å². The number of H-pyrrole nitrogens is 1. The second-order valence-electron chi connectivity index (χ2n) is 4.71. The molecule has 0 saturated heterocycles. The fourth-order valence-corrected chi connectivity index (χ4v) is 1.44. The van der Waals surface area contributed by atoms with Crippen molar-refractivity contribution >= 4 is 17.5 Å². The van der Waals surface area contributed by atoms with E-state index in [0.717, 1.165) is 17.5 Å². The standard InChI is InChI=1S/C12H18N6/c1-12(2,7-13)18-11-6-10(15-8-16-11)17-9-4-3-5-14-9/h3-6,8,14H,7,13H2,1-2H3,(H2,15,16,17,18). The Morgan fingerprint density at radius 3 is 2.78 bits per heavy atom. The summed E-state index contributed by atoms with van der Waals surface area (Å²) < 4.78 is 0. The van der Waals surface area contributed by atoms with E-state index in [4.69, 9.17) is 5.73 Å². The highest BCUT2D eigenvalue weighted by Gasteiger charge is 2.15. The minimum Gasteiger partial charge on any atom is -0.364 e. The van der Waals surface area contributed by atoms with Gasteiger partial charge in [0.25, 0.3) is 0 Å². The van der Waals surface area contributed by atoms with Crippen molar-refractivity contribution in [3.8, 4) is 0 Å². The maximum atomic E-state index is 5.68. The van der Waals surface area contributed by atoms with Gasteiger partial charge < -0.3 is 21.4 Å². The van der Waals surface area contributed by atoms with Crippen molar-refractivity contribution in [3.05, 3.63) is 30.7 Å². The Bertz CT molecular complexity index is 491. The molecule has 2 aromatic rings. The minimum atomic E-state index is -0.196. The smallest absolute Gasteiger partial charge is 0.136 e. The molecule has 96 valence electrons. The average molecular weight is 246 g/mol. The zero-order valence-electron chi connectivity index (χ0n) is 10.6. The Kier molecular flexibility index (Phi) is 3.47. The number of hydrogen-bond donors (Lipinski definition) is 4. The molecule has 0 aliphatic heterocycles. The molecular formula is C12H18N6. The molecule has 18 heavy (non-hydrogen) atoms. The molecule has 2 aromatic heterocycles. The zero-order valence-corrected chi connectivity index (χ0v) is 10.6. The Morgan fingerprint density at radius 1 is 1.33 bits per heavy atom. The van der Waals surface area contributed by atoms with Crippen molar-refractivity contribution in [1.29, 1.82) is 0 Å².